The molecule has 2 rings (SSSR count). The average Bonchev–Trinajstić information content (AvgIpc) is 2.87. The van der Waals surface area contributed by atoms with Crippen molar-refractivity contribution in [3.8, 4) is 0 Å². The SMILES string of the molecule is CCNC(Cc1cc(Br)ccc1F)c1cnsn1. The summed E-state index contributed by atoms with van der Waals surface area (Å²) in [5.41, 5.74) is 1.53. The highest BCUT2D eigenvalue weighted by molar-refractivity contribution is 9.10. The highest BCUT2D eigenvalue weighted by Gasteiger charge is 2.16. The van der Waals surface area contributed by atoms with Gasteiger partial charge in [-0.2, -0.15) is 8.75 Å². The van der Waals surface area contributed by atoms with Crippen molar-refractivity contribution in [1.82, 2.24) is 14.1 Å². The van der Waals surface area contributed by atoms with Gasteiger partial charge < -0.3 is 5.32 Å². The first kappa shape index (κ1) is 13.6. The van der Waals surface area contributed by atoms with Gasteiger partial charge in [0.1, 0.15) is 5.82 Å². The summed E-state index contributed by atoms with van der Waals surface area (Å²) in [6, 6.07) is 4.98. The second-order valence-corrected chi connectivity index (χ2v) is 5.35. The fourth-order valence-electron chi connectivity index (χ4n) is 1.77. The maximum atomic E-state index is 13.7. The lowest BCUT2D eigenvalue weighted by Gasteiger charge is -2.15. The van der Waals surface area contributed by atoms with Crippen LogP contribution in [0.5, 0.6) is 0 Å². The molecule has 0 aliphatic carbocycles. The summed E-state index contributed by atoms with van der Waals surface area (Å²) >= 11 is 4.53. The predicted molar refractivity (Wildman–Crippen MR) is 74.1 cm³/mol. The van der Waals surface area contributed by atoms with Gasteiger partial charge >= 0.3 is 0 Å². The highest BCUT2D eigenvalue weighted by Crippen LogP contribution is 2.22. The standard InChI is InChI=1S/C12H13BrFN3S/c1-2-15-11(12-7-16-18-17-12)6-8-5-9(13)3-4-10(8)14/h3-5,7,11,15H,2,6H2,1H3. The summed E-state index contributed by atoms with van der Waals surface area (Å²) in [7, 11) is 0. The van der Waals surface area contributed by atoms with E-state index in [0.29, 0.717) is 12.0 Å². The molecule has 1 unspecified atom stereocenters. The quantitative estimate of drug-likeness (QED) is 0.914. The zero-order chi connectivity index (χ0) is 13.0. The summed E-state index contributed by atoms with van der Waals surface area (Å²) in [6.07, 6.45) is 2.29. The average molecular weight is 330 g/mol. The molecule has 1 aromatic heterocycles. The number of nitrogens with zero attached hydrogens (tertiary/aromatic N) is 2. The van der Waals surface area contributed by atoms with Crippen LogP contribution >= 0.6 is 27.7 Å². The van der Waals surface area contributed by atoms with Gasteiger partial charge in [-0.05, 0) is 36.7 Å². The Morgan fingerprint density at radius 1 is 1.50 bits per heavy atom. The molecular formula is C12H13BrFN3S. The van der Waals surface area contributed by atoms with Crippen LogP contribution in [0.25, 0.3) is 0 Å². The summed E-state index contributed by atoms with van der Waals surface area (Å²) in [5.74, 6) is -0.190. The normalized spacial score (nSPS) is 12.6. The van der Waals surface area contributed by atoms with Gasteiger partial charge in [-0.15, -0.1) is 0 Å². The molecular weight excluding hydrogens is 317 g/mol. The molecule has 0 fully saturated rings. The fourth-order valence-corrected chi connectivity index (χ4v) is 2.65. The molecule has 6 heteroatoms. The van der Waals surface area contributed by atoms with Crippen molar-refractivity contribution >= 4 is 27.7 Å². The molecule has 0 aliphatic heterocycles. The Morgan fingerprint density at radius 2 is 2.33 bits per heavy atom. The number of rotatable bonds is 5. The van der Waals surface area contributed by atoms with Gasteiger partial charge in [-0.1, -0.05) is 22.9 Å². The van der Waals surface area contributed by atoms with Crippen molar-refractivity contribution < 1.29 is 4.39 Å². The van der Waals surface area contributed by atoms with E-state index in [1.807, 2.05) is 6.92 Å². The third-order valence-corrected chi connectivity index (χ3v) is 3.60. The lowest BCUT2D eigenvalue weighted by Crippen LogP contribution is -2.23. The van der Waals surface area contributed by atoms with Gasteiger partial charge in [0.15, 0.2) is 0 Å². The summed E-state index contributed by atoms with van der Waals surface area (Å²) in [6.45, 7) is 2.82. The third-order valence-electron chi connectivity index (χ3n) is 2.62. The molecule has 1 N–H and O–H groups in total. The third kappa shape index (κ3) is 3.34. The van der Waals surface area contributed by atoms with E-state index >= 15 is 0 Å². The van der Waals surface area contributed by atoms with Gasteiger partial charge in [0.2, 0.25) is 0 Å². The van der Waals surface area contributed by atoms with Crippen LogP contribution in [0.3, 0.4) is 0 Å². The van der Waals surface area contributed by atoms with Gasteiger partial charge in [-0.25, -0.2) is 4.39 Å². The zero-order valence-electron chi connectivity index (χ0n) is 9.86. The summed E-state index contributed by atoms with van der Waals surface area (Å²) < 4.78 is 22.8. The van der Waals surface area contributed by atoms with Crippen LogP contribution < -0.4 is 5.32 Å². The second-order valence-electron chi connectivity index (χ2n) is 3.88. The number of hydrogen-bond acceptors (Lipinski definition) is 4. The monoisotopic (exact) mass is 329 g/mol. The number of likely N-dealkylation sites (N-methyl/N-ethyl adjacent to an activating group) is 1. The largest absolute Gasteiger partial charge is 0.309 e. The van der Waals surface area contributed by atoms with E-state index in [9.17, 15) is 4.39 Å². The van der Waals surface area contributed by atoms with Crippen LogP contribution in [0.1, 0.15) is 24.2 Å². The minimum absolute atomic E-state index is 0.00227. The van der Waals surface area contributed by atoms with Crippen LogP contribution in [-0.2, 0) is 6.42 Å². The number of benzene rings is 1. The lowest BCUT2D eigenvalue weighted by molar-refractivity contribution is 0.520. The molecule has 0 bridgehead atoms. The van der Waals surface area contributed by atoms with E-state index in [4.69, 9.17) is 0 Å². The predicted octanol–water partition coefficient (Wildman–Crippen LogP) is 3.33. The van der Waals surface area contributed by atoms with E-state index in [1.54, 1.807) is 18.3 Å². The Morgan fingerprint density at radius 3 is 3.00 bits per heavy atom. The topological polar surface area (TPSA) is 37.8 Å². The van der Waals surface area contributed by atoms with Gasteiger partial charge in [0, 0.05) is 4.47 Å². The molecule has 3 nitrogen and oxygen atoms in total. The fraction of sp³-hybridized carbons (Fsp3) is 0.333. The Bertz CT molecular complexity index is 504. The second kappa shape index (κ2) is 6.36. The van der Waals surface area contributed by atoms with Crippen molar-refractivity contribution in [2.75, 3.05) is 6.54 Å². The van der Waals surface area contributed by atoms with Crippen molar-refractivity contribution in [3.05, 3.63) is 45.9 Å². The van der Waals surface area contributed by atoms with Crippen LogP contribution in [0.4, 0.5) is 4.39 Å². The summed E-state index contributed by atoms with van der Waals surface area (Å²) in [5, 5.41) is 3.30. The Labute approximate surface area is 118 Å². The van der Waals surface area contributed by atoms with Gasteiger partial charge in [-0.3, -0.25) is 0 Å². The Hall–Kier alpha value is -0.850. The Balaban J connectivity index is 2.21. The van der Waals surface area contributed by atoms with Crippen molar-refractivity contribution in [3.63, 3.8) is 0 Å². The first-order valence-corrected chi connectivity index (χ1v) is 7.17. The van der Waals surface area contributed by atoms with E-state index in [0.717, 1.165) is 16.7 Å². The Kier molecular flexibility index (Phi) is 4.79. The lowest BCUT2D eigenvalue weighted by atomic mass is 10.0. The molecule has 1 atom stereocenters. The van der Waals surface area contributed by atoms with E-state index in [-0.39, 0.29) is 11.9 Å². The molecule has 18 heavy (non-hydrogen) atoms. The zero-order valence-corrected chi connectivity index (χ0v) is 12.3. The van der Waals surface area contributed by atoms with E-state index < -0.39 is 0 Å². The molecule has 0 spiro atoms. The minimum Gasteiger partial charge on any atom is -0.309 e. The van der Waals surface area contributed by atoms with Crippen LogP contribution in [-0.4, -0.2) is 15.3 Å². The maximum Gasteiger partial charge on any atom is 0.126 e. The molecule has 0 amide bonds. The first-order valence-electron chi connectivity index (χ1n) is 5.65. The number of nitrogens with one attached hydrogen (secondary N) is 1. The highest BCUT2D eigenvalue weighted by atomic mass is 79.9. The molecule has 0 saturated heterocycles. The molecule has 2 aromatic rings. The molecule has 0 saturated carbocycles. The molecule has 0 aliphatic rings. The maximum absolute atomic E-state index is 13.7. The number of hydrogen-bond donors (Lipinski definition) is 1. The molecule has 96 valence electrons. The van der Waals surface area contributed by atoms with Crippen LogP contribution in [0, 0.1) is 5.82 Å². The van der Waals surface area contributed by atoms with Gasteiger partial charge in [0.05, 0.1) is 29.7 Å². The van der Waals surface area contributed by atoms with Crippen LogP contribution in [0.15, 0.2) is 28.9 Å². The van der Waals surface area contributed by atoms with Gasteiger partial charge in [0.25, 0.3) is 0 Å². The molecule has 1 aromatic carbocycles. The minimum atomic E-state index is -0.190. The number of aromatic nitrogens is 2. The van der Waals surface area contributed by atoms with E-state index in [2.05, 4.69) is 30.0 Å². The van der Waals surface area contributed by atoms with Crippen LogP contribution in [0.2, 0.25) is 0 Å². The molecule has 0 radical (unpaired) electrons. The van der Waals surface area contributed by atoms with E-state index in [1.165, 1.54) is 17.8 Å². The summed E-state index contributed by atoms with van der Waals surface area (Å²) in [4.78, 5) is 0. The first-order chi connectivity index (χ1) is 8.70. The number of halogens is 2. The smallest absolute Gasteiger partial charge is 0.126 e. The van der Waals surface area contributed by atoms with Crippen molar-refractivity contribution in [2.45, 2.75) is 19.4 Å². The molecule has 1 heterocycles. The van der Waals surface area contributed by atoms with Crippen molar-refractivity contribution in [1.29, 1.82) is 0 Å². The van der Waals surface area contributed by atoms with Crippen molar-refractivity contribution in [2.24, 2.45) is 0 Å².